The van der Waals surface area contributed by atoms with Gasteiger partial charge in [0.05, 0.1) is 0 Å². The number of nitrogens with one attached hydrogen (secondary N) is 1. The molecule has 1 aromatic heterocycles. The van der Waals surface area contributed by atoms with Gasteiger partial charge in [0.1, 0.15) is 6.10 Å². The third kappa shape index (κ3) is 3.16. The van der Waals surface area contributed by atoms with Gasteiger partial charge in [0.25, 0.3) is 0 Å². The minimum Gasteiger partial charge on any atom is -0.460 e. The molecule has 0 aliphatic carbocycles. The average Bonchev–Trinajstić information content (AvgIpc) is 2.50. The van der Waals surface area contributed by atoms with Crippen LogP contribution >= 0.6 is 0 Å². The van der Waals surface area contributed by atoms with E-state index in [1.54, 1.807) is 12.4 Å². The van der Waals surface area contributed by atoms with Crippen LogP contribution in [0, 0.1) is 6.92 Å². The van der Waals surface area contributed by atoms with Crippen LogP contribution in [-0.2, 0) is 0 Å². The molecule has 82 valence electrons. The van der Waals surface area contributed by atoms with Gasteiger partial charge in [-0.15, -0.1) is 0 Å². The number of rotatable bonds is 2. The van der Waals surface area contributed by atoms with Crippen molar-refractivity contribution in [2.75, 3.05) is 13.1 Å². The van der Waals surface area contributed by atoms with Crippen LogP contribution in [-0.4, -0.2) is 29.2 Å². The smallest absolute Gasteiger partial charge is 0.316 e. The monoisotopic (exact) mass is 207 g/mol. The fourth-order valence-corrected chi connectivity index (χ4v) is 1.70. The van der Waals surface area contributed by atoms with Gasteiger partial charge in [-0.3, -0.25) is 0 Å². The van der Waals surface area contributed by atoms with Gasteiger partial charge in [-0.25, -0.2) is 9.97 Å². The van der Waals surface area contributed by atoms with Gasteiger partial charge in [-0.2, -0.15) is 0 Å². The molecule has 0 saturated carbocycles. The van der Waals surface area contributed by atoms with Crippen LogP contribution in [0.1, 0.15) is 24.8 Å². The van der Waals surface area contributed by atoms with Gasteiger partial charge in [0.15, 0.2) is 0 Å². The van der Waals surface area contributed by atoms with E-state index in [2.05, 4.69) is 15.3 Å². The van der Waals surface area contributed by atoms with E-state index < -0.39 is 0 Å². The SMILES string of the molecule is Cc1cnc(OC2CCCNCC2)nc1. The summed E-state index contributed by atoms with van der Waals surface area (Å²) in [6, 6.07) is 0.507. The molecule has 1 aromatic rings. The zero-order chi connectivity index (χ0) is 10.5. The van der Waals surface area contributed by atoms with E-state index in [0.29, 0.717) is 6.01 Å². The Balaban J connectivity index is 1.92. The minimum absolute atomic E-state index is 0.266. The predicted octanol–water partition coefficient (Wildman–Crippen LogP) is 1.31. The zero-order valence-corrected chi connectivity index (χ0v) is 9.07. The Morgan fingerprint density at radius 3 is 2.87 bits per heavy atom. The molecule has 2 rings (SSSR count). The Bertz CT molecular complexity index is 291. The van der Waals surface area contributed by atoms with Crippen molar-refractivity contribution in [2.24, 2.45) is 0 Å². The van der Waals surface area contributed by atoms with Gasteiger partial charge < -0.3 is 10.1 Å². The number of aryl methyl sites for hydroxylation is 1. The normalized spacial score (nSPS) is 22.1. The first kappa shape index (κ1) is 10.4. The molecule has 1 N–H and O–H groups in total. The van der Waals surface area contributed by atoms with Crippen molar-refractivity contribution in [3.05, 3.63) is 18.0 Å². The molecule has 4 heteroatoms. The molecule has 0 spiro atoms. The second kappa shape index (κ2) is 5.07. The highest BCUT2D eigenvalue weighted by Crippen LogP contribution is 2.12. The Morgan fingerprint density at radius 1 is 1.27 bits per heavy atom. The van der Waals surface area contributed by atoms with Crippen molar-refractivity contribution in [3.63, 3.8) is 0 Å². The van der Waals surface area contributed by atoms with Crippen molar-refractivity contribution in [2.45, 2.75) is 32.3 Å². The first-order chi connectivity index (χ1) is 7.34. The molecule has 0 aromatic carbocycles. The number of ether oxygens (including phenoxy) is 1. The van der Waals surface area contributed by atoms with Gasteiger partial charge in [0, 0.05) is 12.4 Å². The number of hydrogen-bond donors (Lipinski definition) is 1. The van der Waals surface area contributed by atoms with E-state index in [1.165, 1.54) is 0 Å². The van der Waals surface area contributed by atoms with E-state index >= 15 is 0 Å². The molecule has 15 heavy (non-hydrogen) atoms. The van der Waals surface area contributed by atoms with Crippen LogP contribution in [0.15, 0.2) is 12.4 Å². The Hall–Kier alpha value is -1.16. The maximum atomic E-state index is 5.73. The summed E-state index contributed by atoms with van der Waals surface area (Å²) >= 11 is 0. The third-order valence-electron chi connectivity index (χ3n) is 2.55. The molecule has 1 aliphatic heterocycles. The third-order valence-corrected chi connectivity index (χ3v) is 2.55. The summed E-state index contributed by atoms with van der Waals surface area (Å²) in [5.41, 5.74) is 1.06. The minimum atomic E-state index is 0.266. The van der Waals surface area contributed by atoms with E-state index in [9.17, 15) is 0 Å². The van der Waals surface area contributed by atoms with Gasteiger partial charge >= 0.3 is 6.01 Å². The lowest BCUT2D eigenvalue weighted by atomic mass is 10.2. The quantitative estimate of drug-likeness (QED) is 0.794. The molecule has 0 amide bonds. The summed E-state index contributed by atoms with van der Waals surface area (Å²) in [6.45, 7) is 4.09. The van der Waals surface area contributed by atoms with Crippen LogP contribution in [0.25, 0.3) is 0 Å². The van der Waals surface area contributed by atoms with Crippen LogP contribution in [0.3, 0.4) is 0 Å². The highest BCUT2D eigenvalue weighted by molar-refractivity contribution is 5.04. The van der Waals surface area contributed by atoms with Crippen LogP contribution in [0.4, 0.5) is 0 Å². The maximum absolute atomic E-state index is 5.73. The summed E-state index contributed by atoms with van der Waals surface area (Å²) in [7, 11) is 0. The van der Waals surface area contributed by atoms with Crippen LogP contribution < -0.4 is 10.1 Å². The summed E-state index contributed by atoms with van der Waals surface area (Å²) in [5, 5.41) is 3.35. The molecule has 0 bridgehead atoms. The standard InChI is InChI=1S/C11H17N3O/c1-9-7-13-11(14-8-9)15-10-3-2-5-12-6-4-10/h7-8,10,12H,2-6H2,1H3. The molecule has 1 fully saturated rings. The van der Waals surface area contributed by atoms with Crippen LogP contribution in [0.2, 0.25) is 0 Å². The molecule has 1 saturated heterocycles. The molecule has 1 aliphatic rings. The van der Waals surface area contributed by atoms with E-state index in [4.69, 9.17) is 4.74 Å². The first-order valence-corrected chi connectivity index (χ1v) is 5.50. The number of hydrogen-bond acceptors (Lipinski definition) is 4. The number of nitrogens with zero attached hydrogens (tertiary/aromatic N) is 2. The Kier molecular flexibility index (Phi) is 3.50. The first-order valence-electron chi connectivity index (χ1n) is 5.50. The lowest BCUT2D eigenvalue weighted by Gasteiger charge is -2.14. The predicted molar refractivity (Wildman–Crippen MR) is 57.9 cm³/mol. The summed E-state index contributed by atoms with van der Waals surface area (Å²) in [6.07, 6.45) is 7.13. The maximum Gasteiger partial charge on any atom is 0.316 e. The van der Waals surface area contributed by atoms with Crippen molar-refractivity contribution in [1.82, 2.24) is 15.3 Å². The molecular formula is C11H17N3O. The molecule has 2 heterocycles. The van der Waals surface area contributed by atoms with Gasteiger partial charge in [-0.05, 0) is 44.8 Å². The molecule has 1 unspecified atom stereocenters. The highest BCUT2D eigenvalue weighted by atomic mass is 16.5. The lowest BCUT2D eigenvalue weighted by molar-refractivity contribution is 0.171. The molecular weight excluding hydrogens is 190 g/mol. The van der Waals surface area contributed by atoms with Gasteiger partial charge in [-0.1, -0.05) is 0 Å². The molecule has 0 radical (unpaired) electrons. The lowest BCUT2D eigenvalue weighted by Crippen LogP contribution is -2.20. The van der Waals surface area contributed by atoms with Crippen molar-refractivity contribution in [3.8, 4) is 6.01 Å². The Morgan fingerprint density at radius 2 is 2.07 bits per heavy atom. The summed E-state index contributed by atoms with van der Waals surface area (Å²) in [4.78, 5) is 8.30. The fraction of sp³-hybridized carbons (Fsp3) is 0.636. The second-order valence-electron chi connectivity index (χ2n) is 3.96. The molecule has 1 atom stereocenters. The zero-order valence-electron chi connectivity index (χ0n) is 9.07. The average molecular weight is 207 g/mol. The topological polar surface area (TPSA) is 47.0 Å². The fourth-order valence-electron chi connectivity index (χ4n) is 1.70. The highest BCUT2D eigenvalue weighted by Gasteiger charge is 2.14. The van der Waals surface area contributed by atoms with E-state index in [-0.39, 0.29) is 6.10 Å². The summed E-state index contributed by atoms with van der Waals surface area (Å²) in [5.74, 6) is 0. The van der Waals surface area contributed by atoms with E-state index in [0.717, 1.165) is 37.9 Å². The van der Waals surface area contributed by atoms with Crippen molar-refractivity contribution < 1.29 is 4.74 Å². The summed E-state index contributed by atoms with van der Waals surface area (Å²) < 4.78 is 5.73. The molecule has 4 nitrogen and oxygen atoms in total. The van der Waals surface area contributed by atoms with Crippen LogP contribution in [0.5, 0.6) is 6.01 Å². The second-order valence-corrected chi connectivity index (χ2v) is 3.96. The van der Waals surface area contributed by atoms with Crippen molar-refractivity contribution in [1.29, 1.82) is 0 Å². The Labute approximate surface area is 90.1 Å². The largest absolute Gasteiger partial charge is 0.460 e. The number of aromatic nitrogens is 2. The van der Waals surface area contributed by atoms with Crippen molar-refractivity contribution >= 4 is 0 Å². The van der Waals surface area contributed by atoms with Gasteiger partial charge in [0.2, 0.25) is 0 Å². The van der Waals surface area contributed by atoms with E-state index in [1.807, 2.05) is 6.92 Å².